The zero-order valence-electron chi connectivity index (χ0n) is 12.0. The van der Waals surface area contributed by atoms with E-state index in [1.165, 1.54) is 0 Å². The van der Waals surface area contributed by atoms with Gasteiger partial charge in [-0.05, 0) is 31.3 Å². The number of rotatable bonds is 3. The molecular formula is C17H15N3S2. The van der Waals surface area contributed by atoms with Crippen LogP contribution >= 0.6 is 23.6 Å². The molecular weight excluding hydrogens is 310 g/mol. The fraction of sp³-hybridized carbons (Fsp3) is 0.0588. The highest BCUT2D eigenvalue weighted by atomic mass is 32.1. The van der Waals surface area contributed by atoms with Gasteiger partial charge in [-0.3, -0.25) is 0 Å². The summed E-state index contributed by atoms with van der Waals surface area (Å²) in [6, 6.07) is 20.0. The van der Waals surface area contributed by atoms with Crippen molar-refractivity contribution in [2.75, 3.05) is 10.6 Å². The van der Waals surface area contributed by atoms with Crippen molar-refractivity contribution in [1.82, 2.24) is 4.98 Å². The summed E-state index contributed by atoms with van der Waals surface area (Å²) in [4.78, 5) is 5.80. The van der Waals surface area contributed by atoms with E-state index in [2.05, 4.69) is 34.7 Å². The van der Waals surface area contributed by atoms with Gasteiger partial charge in [0.2, 0.25) is 0 Å². The molecule has 0 saturated carbocycles. The van der Waals surface area contributed by atoms with Crippen molar-refractivity contribution in [2.45, 2.75) is 6.92 Å². The van der Waals surface area contributed by atoms with Crippen molar-refractivity contribution in [2.24, 2.45) is 0 Å². The van der Waals surface area contributed by atoms with Crippen LogP contribution in [0.2, 0.25) is 0 Å². The molecule has 0 aliphatic carbocycles. The van der Waals surface area contributed by atoms with Gasteiger partial charge in [-0.15, -0.1) is 11.3 Å². The van der Waals surface area contributed by atoms with E-state index in [9.17, 15) is 0 Å². The van der Waals surface area contributed by atoms with Crippen LogP contribution in [0.25, 0.3) is 11.3 Å². The molecule has 110 valence electrons. The molecule has 0 unspecified atom stereocenters. The van der Waals surface area contributed by atoms with Gasteiger partial charge in [0, 0.05) is 16.1 Å². The zero-order valence-corrected chi connectivity index (χ0v) is 13.7. The fourth-order valence-corrected chi connectivity index (χ4v) is 3.21. The molecule has 1 aromatic heterocycles. The van der Waals surface area contributed by atoms with Crippen LogP contribution in [0.4, 0.5) is 10.8 Å². The Morgan fingerprint density at radius 2 is 1.59 bits per heavy atom. The highest BCUT2D eigenvalue weighted by molar-refractivity contribution is 7.80. The van der Waals surface area contributed by atoms with Crippen molar-refractivity contribution >= 4 is 39.5 Å². The van der Waals surface area contributed by atoms with E-state index in [1.807, 2.05) is 48.5 Å². The number of hydrogen-bond donors (Lipinski definition) is 2. The number of thiocarbonyl (C=S) groups is 1. The van der Waals surface area contributed by atoms with E-state index < -0.39 is 0 Å². The van der Waals surface area contributed by atoms with E-state index in [4.69, 9.17) is 12.2 Å². The molecule has 3 aromatic rings. The summed E-state index contributed by atoms with van der Waals surface area (Å²) in [5, 5.41) is 7.63. The lowest BCUT2D eigenvalue weighted by Gasteiger charge is -2.07. The minimum atomic E-state index is 0.541. The third-order valence-electron chi connectivity index (χ3n) is 3.10. The lowest BCUT2D eigenvalue weighted by molar-refractivity contribution is 1.37. The minimum absolute atomic E-state index is 0.541. The molecule has 5 heteroatoms. The average Bonchev–Trinajstić information content (AvgIpc) is 2.89. The van der Waals surface area contributed by atoms with Gasteiger partial charge in [0.05, 0.1) is 5.69 Å². The number of nitrogens with zero attached hydrogens (tertiary/aromatic N) is 1. The van der Waals surface area contributed by atoms with Gasteiger partial charge in [-0.2, -0.15) is 0 Å². The number of thiazole rings is 1. The standard InChI is InChI=1S/C17H15N3S2/c1-12-15(13-8-4-2-5-9-13)19-17(22-12)20-16(21)18-14-10-6-3-7-11-14/h2-11H,1H3,(H2,18,19,20,21). The van der Waals surface area contributed by atoms with Crippen molar-refractivity contribution in [3.8, 4) is 11.3 Å². The molecule has 0 saturated heterocycles. The molecule has 2 N–H and O–H groups in total. The quantitative estimate of drug-likeness (QED) is 0.670. The molecule has 3 rings (SSSR count). The van der Waals surface area contributed by atoms with Crippen LogP contribution < -0.4 is 10.6 Å². The first kappa shape index (κ1) is 14.7. The molecule has 0 atom stereocenters. The van der Waals surface area contributed by atoms with E-state index in [1.54, 1.807) is 11.3 Å². The molecule has 0 radical (unpaired) electrons. The number of nitrogens with one attached hydrogen (secondary N) is 2. The Balaban J connectivity index is 1.73. The smallest absolute Gasteiger partial charge is 0.189 e. The van der Waals surface area contributed by atoms with Gasteiger partial charge in [0.25, 0.3) is 0 Å². The average molecular weight is 325 g/mol. The van der Waals surface area contributed by atoms with Crippen molar-refractivity contribution in [1.29, 1.82) is 0 Å². The minimum Gasteiger partial charge on any atom is -0.332 e. The number of hydrogen-bond acceptors (Lipinski definition) is 3. The Morgan fingerprint density at radius 1 is 0.955 bits per heavy atom. The monoisotopic (exact) mass is 325 g/mol. The van der Waals surface area contributed by atoms with Crippen LogP contribution in [0, 0.1) is 6.92 Å². The van der Waals surface area contributed by atoms with Crippen LogP contribution in [0.5, 0.6) is 0 Å². The zero-order chi connectivity index (χ0) is 15.4. The van der Waals surface area contributed by atoms with Crippen LogP contribution in [-0.2, 0) is 0 Å². The number of para-hydroxylation sites is 1. The first-order chi connectivity index (χ1) is 10.7. The molecule has 0 fully saturated rings. The van der Waals surface area contributed by atoms with Crippen molar-refractivity contribution < 1.29 is 0 Å². The lowest BCUT2D eigenvalue weighted by Crippen LogP contribution is -2.18. The topological polar surface area (TPSA) is 37.0 Å². The Labute approximate surface area is 139 Å². The number of benzene rings is 2. The van der Waals surface area contributed by atoms with E-state index >= 15 is 0 Å². The summed E-state index contributed by atoms with van der Waals surface area (Å²) in [5.41, 5.74) is 3.07. The number of aromatic nitrogens is 1. The Hall–Kier alpha value is -2.24. The van der Waals surface area contributed by atoms with Gasteiger partial charge >= 0.3 is 0 Å². The van der Waals surface area contributed by atoms with Crippen molar-refractivity contribution in [3.05, 3.63) is 65.5 Å². The maximum atomic E-state index is 5.33. The largest absolute Gasteiger partial charge is 0.332 e. The number of anilines is 2. The highest BCUT2D eigenvalue weighted by Gasteiger charge is 2.10. The predicted octanol–water partition coefficient (Wildman–Crippen LogP) is 4.93. The SMILES string of the molecule is Cc1sc(NC(=S)Nc2ccccc2)nc1-c1ccccc1. The summed E-state index contributed by atoms with van der Waals surface area (Å²) in [5.74, 6) is 0. The molecule has 3 nitrogen and oxygen atoms in total. The van der Waals surface area contributed by atoms with Crippen LogP contribution in [0.1, 0.15) is 4.88 Å². The molecule has 2 aromatic carbocycles. The van der Waals surface area contributed by atoms with E-state index in [0.29, 0.717) is 5.11 Å². The van der Waals surface area contributed by atoms with E-state index in [0.717, 1.165) is 27.0 Å². The second kappa shape index (κ2) is 6.68. The summed E-state index contributed by atoms with van der Waals surface area (Å²) >= 11 is 6.93. The fourth-order valence-electron chi connectivity index (χ4n) is 2.09. The Morgan fingerprint density at radius 3 is 2.27 bits per heavy atom. The normalized spacial score (nSPS) is 10.2. The summed E-state index contributed by atoms with van der Waals surface area (Å²) < 4.78 is 0. The van der Waals surface area contributed by atoms with Crippen LogP contribution in [0.15, 0.2) is 60.7 Å². The van der Waals surface area contributed by atoms with Crippen molar-refractivity contribution in [3.63, 3.8) is 0 Å². The molecule has 0 bridgehead atoms. The molecule has 0 spiro atoms. The number of aryl methyl sites for hydroxylation is 1. The van der Waals surface area contributed by atoms with E-state index in [-0.39, 0.29) is 0 Å². The van der Waals surface area contributed by atoms with Gasteiger partial charge < -0.3 is 10.6 Å². The third-order valence-corrected chi connectivity index (χ3v) is 4.19. The maximum Gasteiger partial charge on any atom is 0.189 e. The first-order valence-corrected chi connectivity index (χ1v) is 8.11. The second-order valence-corrected chi connectivity index (χ2v) is 6.35. The van der Waals surface area contributed by atoms with Crippen LogP contribution in [0.3, 0.4) is 0 Å². The third kappa shape index (κ3) is 3.50. The van der Waals surface area contributed by atoms with Gasteiger partial charge in [0.1, 0.15) is 0 Å². The molecule has 0 aliphatic rings. The molecule has 0 amide bonds. The summed E-state index contributed by atoms with van der Waals surface area (Å²) in [7, 11) is 0. The van der Waals surface area contributed by atoms with Gasteiger partial charge in [-0.25, -0.2) is 4.98 Å². The highest BCUT2D eigenvalue weighted by Crippen LogP contribution is 2.30. The molecule has 0 aliphatic heterocycles. The Bertz CT molecular complexity index is 767. The maximum absolute atomic E-state index is 5.33. The van der Waals surface area contributed by atoms with Crippen LogP contribution in [-0.4, -0.2) is 10.1 Å². The summed E-state index contributed by atoms with van der Waals surface area (Å²) in [6.45, 7) is 2.07. The molecule has 1 heterocycles. The van der Waals surface area contributed by atoms with Gasteiger partial charge in [-0.1, -0.05) is 48.5 Å². The second-order valence-electron chi connectivity index (χ2n) is 4.73. The Kier molecular flexibility index (Phi) is 4.46. The predicted molar refractivity (Wildman–Crippen MR) is 98.6 cm³/mol. The summed E-state index contributed by atoms with van der Waals surface area (Å²) in [6.07, 6.45) is 0. The van der Waals surface area contributed by atoms with Gasteiger partial charge in [0.15, 0.2) is 10.2 Å². The molecule has 22 heavy (non-hydrogen) atoms. The lowest BCUT2D eigenvalue weighted by atomic mass is 10.1. The first-order valence-electron chi connectivity index (χ1n) is 6.88.